The molecule has 2 atom stereocenters. The highest BCUT2D eigenvalue weighted by atomic mass is 32.1. The van der Waals surface area contributed by atoms with Crippen molar-refractivity contribution in [1.29, 1.82) is 0 Å². The van der Waals surface area contributed by atoms with Crippen LogP contribution in [0.3, 0.4) is 0 Å². The minimum absolute atomic E-state index is 0.115. The van der Waals surface area contributed by atoms with Crippen molar-refractivity contribution >= 4 is 27.4 Å². The molecule has 0 aliphatic carbocycles. The Hall–Kier alpha value is -2.17. The van der Waals surface area contributed by atoms with Gasteiger partial charge in [0, 0.05) is 16.1 Å². The summed E-state index contributed by atoms with van der Waals surface area (Å²) in [6.45, 7) is 5.84. The van der Waals surface area contributed by atoms with Gasteiger partial charge in [0.2, 0.25) is 0 Å². The second-order valence-corrected chi connectivity index (χ2v) is 8.74. The van der Waals surface area contributed by atoms with Gasteiger partial charge in [-0.2, -0.15) is 0 Å². The second kappa shape index (κ2) is 7.45. The molecule has 0 amide bonds. The first-order valence-corrected chi connectivity index (χ1v) is 10.4. The van der Waals surface area contributed by atoms with Gasteiger partial charge in [0.25, 0.3) is 0 Å². The number of aryl methyl sites for hydroxylation is 2. The van der Waals surface area contributed by atoms with Gasteiger partial charge in [-0.05, 0) is 61.9 Å². The van der Waals surface area contributed by atoms with E-state index in [9.17, 15) is 9.90 Å². The van der Waals surface area contributed by atoms with Gasteiger partial charge < -0.3 is 5.11 Å². The Morgan fingerprint density at radius 2 is 2.00 bits per heavy atom. The number of benzene rings is 2. The Kier molecular flexibility index (Phi) is 5.02. The highest BCUT2D eigenvalue weighted by Crippen LogP contribution is 2.40. The summed E-state index contributed by atoms with van der Waals surface area (Å²) in [4.78, 5) is 15.3. The molecule has 0 radical (unpaired) electrons. The smallest absolute Gasteiger partial charge is 0.307 e. The quantitative estimate of drug-likeness (QED) is 0.659. The molecule has 0 spiro atoms. The maximum Gasteiger partial charge on any atom is 0.307 e. The average molecular weight is 380 g/mol. The van der Waals surface area contributed by atoms with Crippen LogP contribution in [0.1, 0.15) is 40.5 Å². The lowest BCUT2D eigenvalue weighted by Crippen LogP contribution is -2.41. The molecule has 3 aromatic rings. The molecule has 1 fully saturated rings. The predicted molar refractivity (Wildman–Crippen MR) is 112 cm³/mol. The summed E-state index contributed by atoms with van der Waals surface area (Å²) in [5.41, 5.74) is 3.81. The standard InChI is InChI=1S/C23H25NO2S/c1-15-9-10-16(2)19(12-15)22(24-11-5-7-18(14-24)23(25)26)21-13-17-6-3-4-8-20(17)27-21/h3-4,6,8-10,12-13,18,22H,5,7,11,14H2,1-2H3,(H,25,26). The maximum atomic E-state index is 11.6. The molecule has 0 saturated carbocycles. The fraction of sp³-hybridized carbons (Fsp3) is 0.348. The molecule has 27 heavy (non-hydrogen) atoms. The second-order valence-electron chi connectivity index (χ2n) is 7.62. The molecule has 4 heteroatoms. The van der Waals surface area contributed by atoms with Crippen LogP contribution in [0, 0.1) is 19.8 Å². The number of hydrogen-bond donors (Lipinski definition) is 1. The van der Waals surface area contributed by atoms with E-state index in [1.54, 1.807) is 0 Å². The lowest BCUT2D eigenvalue weighted by molar-refractivity contribution is -0.143. The molecule has 1 N–H and O–H groups in total. The van der Waals surface area contributed by atoms with Crippen LogP contribution in [0.4, 0.5) is 0 Å². The number of fused-ring (bicyclic) bond motifs is 1. The van der Waals surface area contributed by atoms with Crippen LogP contribution >= 0.6 is 11.3 Å². The lowest BCUT2D eigenvalue weighted by Gasteiger charge is -2.37. The van der Waals surface area contributed by atoms with E-state index in [0.29, 0.717) is 6.54 Å². The zero-order chi connectivity index (χ0) is 19.0. The van der Waals surface area contributed by atoms with Crippen LogP contribution in [0.2, 0.25) is 0 Å². The van der Waals surface area contributed by atoms with E-state index in [0.717, 1.165) is 19.4 Å². The molecule has 0 bridgehead atoms. The molecule has 1 aromatic heterocycles. The van der Waals surface area contributed by atoms with Gasteiger partial charge in [0.05, 0.1) is 12.0 Å². The summed E-state index contributed by atoms with van der Waals surface area (Å²) < 4.78 is 1.29. The third-order valence-electron chi connectivity index (χ3n) is 5.61. The number of carboxylic acids is 1. The van der Waals surface area contributed by atoms with E-state index in [1.807, 2.05) is 11.3 Å². The molecule has 3 nitrogen and oxygen atoms in total. The largest absolute Gasteiger partial charge is 0.481 e. The summed E-state index contributed by atoms with van der Waals surface area (Å²) in [6, 6.07) is 17.5. The van der Waals surface area contributed by atoms with Gasteiger partial charge in [-0.15, -0.1) is 11.3 Å². The zero-order valence-electron chi connectivity index (χ0n) is 15.8. The Labute approximate surface area is 164 Å². The van der Waals surface area contributed by atoms with Crippen molar-refractivity contribution in [2.45, 2.75) is 32.7 Å². The van der Waals surface area contributed by atoms with Crippen molar-refractivity contribution in [3.8, 4) is 0 Å². The summed E-state index contributed by atoms with van der Waals surface area (Å²) in [6.07, 6.45) is 1.71. The molecular weight excluding hydrogens is 354 g/mol. The van der Waals surface area contributed by atoms with Crippen molar-refractivity contribution in [1.82, 2.24) is 4.90 Å². The van der Waals surface area contributed by atoms with E-state index < -0.39 is 5.97 Å². The number of carboxylic acid groups (broad SMARTS) is 1. The molecule has 2 unspecified atom stereocenters. The first-order valence-electron chi connectivity index (χ1n) is 9.55. The topological polar surface area (TPSA) is 40.5 Å². The van der Waals surface area contributed by atoms with Gasteiger partial charge in [-0.3, -0.25) is 9.69 Å². The van der Waals surface area contributed by atoms with Crippen LogP contribution in [0.25, 0.3) is 10.1 Å². The fourth-order valence-corrected chi connectivity index (χ4v) is 5.38. The van der Waals surface area contributed by atoms with E-state index in [-0.39, 0.29) is 12.0 Å². The molecule has 140 valence electrons. The third-order valence-corrected chi connectivity index (χ3v) is 6.78. The molecule has 2 aromatic carbocycles. The number of nitrogens with zero attached hydrogens (tertiary/aromatic N) is 1. The Morgan fingerprint density at radius 1 is 1.19 bits per heavy atom. The van der Waals surface area contributed by atoms with Crippen LogP contribution in [-0.2, 0) is 4.79 Å². The Balaban J connectivity index is 1.82. The maximum absolute atomic E-state index is 11.6. The van der Waals surface area contributed by atoms with E-state index >= 15 is 0 Å². The number of likely N-dealkylation sites (tertiary alicyclic amines) is 1. The molecular formula is C23H25NO2S. The van der Waals surface area contributed by atoms with Gasteiger partial charge in [-0.25, -0.2) is 0 Å². The minimum Gasteiger partial charge on any atom is -0.481 e. The summed E-state index contributed by atoms with van der Waals surface area (Å²) in [5, 5.41) is 10.8. The van der Waals surface area contributed by atoms with E-state index in [4.69, 9.17) is 0 Å². The van der Waals surface area contributed by atoms with E-state index in [1.165, 1.54) is 31.7 Å². The Bertz CT molecular complexity index is 944. The van der Waals surface area contributed by atoms with Crippen LogP contribution in [0.5, 0.6) is 0 Å². The normalized spacial score (nSPS) is 19.3. The van der Waals surface area contributed by atoms with Crippen molar-refractivity contribution in [2.75, 3.05) is 13.1 Å². The summed E-state index contributed by atoms with van der Waals surface area (Å²) >= 11 is 1.83. The number of aliphatic carboxylic acids is 1. The average Bonchev–Trinajstić information content (AvgIpc) is 3.08. The van der Waals surface area contributed by atoms with Crippen LogP contribution < -0.4 is 0 Å². The number of piperidine rings is 1. The van der Waals surface area contributed by atoms with Crippen molar-refractivity contribution < 1.29 is 9.90 Å². The number of carbonyl (C=O) groups is 1. The zero-order valence-corrected chi connectivity index (χ0v) is 16.6. The van der Waals surface area contributed by atoms with Crippen molar-refractivity contribution in [3.63, 3.8) is 0 Å². The number of rotatable bonds is 4. The molecule has 1 aliphatic rings. The SMILES string of the molecule is Cc1ccc(C)c(C(c2cc3ccccc3s2)N2CCCC(C(=O)O)C2)c1. The first kappa shape index (κ1) is 18.2. The third kappa shape index (κ3) is 3.64. The van der Waals surface area contributed by atoms with Crippen molar-refractivity contribution in [2.24, 2.45) is 5.92 Å². The molecule has 1 saturated heterocycles. The molecule has 2 heterocycles. The fourth-order valence-electron chi connectivity index (χ4n) is 4.16. The monoisotopic (exact) mass is 379 g/mol. The van der Waals surface area contributed by atoms with Gasteiger partial charge in [0.15, 0.2) is 0 Å². The highest BCUT2D eigenvalue weighted by molar-refractivity contribution is 7.19. The lowest BCUT2D eigenvalue weighted by atomic mass is 9.91. The van der Waals surface area contributed by atoms with Crippen LogP contribution in [0.15, 0.2) is 48.5 Å². The number of hydrogen-bond acceptors (Lipinski definition) is 3. The predicted octanol–water partition coefficient (Wildman–Crippen LogP) is 5.40. The minimum atomic E-state index is -0.671. The van der Waals surface area contributed by atoms with Crippen molar-refractivity contribution in [3.05, 3.63) is 70.1 Å². The van der Waals surface area contributed by atoms with Gasteiger partial charge in [-0.1, -0.05) is 42.0 Å². The van der Waals surface area contributed by atoms with Gasteiger partial charge in [0.1, 0.15) is 0 Å². The Morgan fingerprint density at radius 3 is 2.78 bits per heavy atom. The highest BCUT2D eigenvalue weighted by Gasteiger charge is 2.32. The summed E-state index contributed by atoms with van der Waals surface area (Å²) in [7, 11) is 0. The van der Waals surface area contributed by atoms with E-state index in [2.05, 4.69) is 67.3 Å². The summed E-state index contributed by atoms with van der Waals surface area (Å²) in [5.74, 6) is -0.948. The molecule has 1 aliphatic heterocycles. The van der Waals surface area contributed by atoms with Crippen LogP contribution in [-0.4, -0.2) is 29.1 Å². The van der Waals surface area contributed by atoms with Gasteiger partial charge >= 0.3 is 5.97 Å². The number of thiophene rings is 1. The first-order chi connectivity index (χ1) is 13.0. The molecule has 4 rings (SSSR count).